The molecule has 1 aromatic carbocycles. The molecule has 2 rings (SSSR count). The lowest BCUT2D eigenvalue weighted by atomic mass is 10.0. The number of carbonyl (C=O) groups excluding carboxylic acids is 1. The predicted molar refractivity (Wildman–Crippen MR) is 73.0 cm³/mol. The lowest BCUT2D eigenvalue weighted by Gasteiger charge is -2.13. The van der Waals surface area contributed by atoms with Crippen molar-refractivity contribution in [3.05, 3.63) is 35.9 Å². The summed E-state index contributed by atoms with van der Waals surface area (Å²) in [5, 5.41) is 3.00. The van der Waals surface area contributed by atoms with Gasteiger partial charge in [-0.3, -0.25) is 4.79 Å². The number of benzene rings is 1. The minimum atomic E-state index is -0.0477. The summed E-state index contributed by atoms with van der Waals surface area (Å²) in [6.45, 7) is 3.02. The number of carbonyl (C=O) groups is 1. The van der Waals surface area contributed by atoms with Gasteiger partial charge >= 0.3 is 0 Å². The summed E-state index contributed by atoms with van der Waals surface area (Å²) in [6, 6.07) is 9.89. The van der Waals surface area contributed by atoms with Crippen LogP contribution >= 0.6 is 0 Å². The van der Waals surface area contributed by atoms with Gasteiger partial charge in [0.25, 0.3) is 0 Å². The van der Waals surface area contributed by atoms with Crippen molar-refractivity contribution in [2.75, 3.05) is 6.54 Å². The van der Waals surface area contributed by atoms with Gasteiger partial charge in [0.15, 0.2) is 0 Å². The molecule has 3 heteroatoms. The largest absolute Gasteiger partial charge is 0.356 e. The maximum absolute atomic E-state index is 11.7. The molecule has 1 aliphatic rings. The van der Waals surface area contributed by atoms with Gasteiger partial charge < -0.3 is 11.1 Å². The molecule has 1 saturated carbocycles. The van der Waals surface area contributed by atoms with Gasteiger partial charge in [-0.15, -0.1) is 0 Å². The van der Waals surface area contributed by atoms with Gasteiger partial charge in [-0.25, -0.2) is 0 Å². The zero-order chi connectivity index (χ0) is 13.0. The van der Waals surface area contributed by atoms with Gasteiger partial charge in [0.1, 0.15) is 0 Å². The Morgan fingerprint density at radius 1 is 1.39 bits per heavy atom. The van der Waals surface area contributed by atoms with Crippen molar-refractivity contribution < 1.29 is 4.79 Å². The number of hydrogen-bond donors (Lipinski definition) is 2. The molecule has 1 aromatic rings. The molecule has 1 unspecified atom stereocenters. The SMILES string of the molecule is CC1(CNC(=O)CCC(N)c2ccccc2)CC1. The fraction of sp³-hybridized carbons (Fsp3) is 0.533. The minimum Gasteiger partial charge on any atom is -0.356 e. The van der Waals surface area contributed by atoms with Crippen molar-refractivity contribution in [1.29, 1.82) is 0 Å². The lowest BCUT2D eigenvalue weighted by molar-refractivity contribution is -0.121. The van der Waals surface area contributed by atoms with Crippen molar-refractivity contribution in [3.63, 3.8) is 0 Å². The van der Waals surface area contributed by atoms with Crippen LogP contribution in [-0.2, 0) is 4.79 Å². The van der Waals surface area contributed by atoms with Gasteiger partial charge in [0, 0.05) is 19.0 Å². The number of hydrogen-bond acceptors (Lipinski definition) is 2. The molecule has 0 heterocycles. The Morgan fingerprint density at radius 2 is 2.06 bits per heavy atom. The standard InChI is InChI=1S/C15H22N2O/c1-15(9-10-15)11-17-14(18)8-7-13(16)12-5-3-2-4-6-12/h2-6,13H,7-11,16H2,1H3,(H,17,18). The molecule has 3 N–H and O–H groups in total. The summed E-state index contributed by atoms with van der Waals surface area (Å²) < 4.78 is 0. The van der Waals surface area contributed by atoms with Gasteiger partial charge in [-0.2, -0.15) is 0 Å². The van der Waals surface area contributed by atoms with Crippen LogP contribution in [0, 0.1) is 5.41 Å². The van der Waals surface area contributed by atoms with Crippen LogP contribution in [0.1, 0.15) is 44.2 Å². The first kappa shape index (κ1) is 13.1. The summed E-state index contributed by atoms with van der Waals surface area (Å²) in [6.07, 6.45) is 3.67. The molecule has 3 nitrogen and oxygen atoms in total. The van der Waals surface area contributed by atoms with Gasteiger partial charge in [0.2, 0.25) is 5.91 Å². The topological polar surface area (TPSA) is 55.1 Å². The number of nitrogens with two attached hydrogens (primary N) is 1. The van der Waals surface area contributed by atoms with Crippen LogP contribution in [0.2, 0.25) is 0 Å². The normalized spacial score (nSPS) is 18.1. The molecular formula is C15H22N2O. The highest BCUT2D eigenvalue weighted by Crippen LogP contribution is 2.44. The molecule has 0 bridgehead atoms. The molecule has 0 spiro atoms. The van der Waals surface area contributed by atoms with Crippen LogP contribution in [0.5, 0.6) is 0 Å². The van der Waals surface area contributed by atoms with E-state index in [4.69, 9.17) is 5.73 Å². The van der Waals surface area contributed by atoms with E-state index in [0.29, 0.717) is 18.3 Å². The molecule has 0 aliphatic heterocycles. The van der Waals surface area contributed by atoms with Crippen molar-refractivity contribution in [2.45, 2.75) is 38.6 Å². The average molecular weight is 246 g/mol. The second-order valence-electron chi connectivity index (χ2n) is 5.64. The molecule has 1 fully saturated rings. The summed E-state index contributed by atoms with van der Waals surface area (Å²) in [4.78, 5) is 11.7. The van der Waals surface area contributed by atoms with Crippen LogP contribution < -0.4 is 11.1 Å². The van der Waals surface area contributed by atoms with Crippen molar-refractivity contribution >= 4 is 5.91 Å². The van der Waals surface area contributed by atoms with Crippen LogP contribution in [-0.4, -0.2) is 12.5 Å². The quantitative estimate of drug-likeness (QED) is 0.809. The van der Waals surface area contributed by atoms with Crippen LogP contribution in [0.25, 0.3) is 0 Å². The Kier molecular flexibility index (Phi) is 4.02. The monoisotopic (exact) mass is 246 g/mol. The third-order valence-electron chi connectivity index (χ3n) is 3.73. The molecule has 98 valence electrons. The third-order valence-corrected chi connectivity index (χ3v) is 3.73. The molecule has 1 aliphatic carbocycles. The van der Waals surface area contributed by atoms with E-state index in [2.05, 4.69) is 12.2 Å². The highest BCUT2D eigenvalue weighted by Gasteiger charge is 2.37. The highest BCUT2D eigenvalue weighted by atomic mass is 16.1. The van der Waals surface area contributed by atoms with E-state index in [-0.39, 0.29) is 11.9 Å². The summed E-state index contributed by atoms with van der Waals surface area (Å²) in [5.74, 6) is 0.120. The minimum absolute atomic E-state index is 0.0477. The third kappa shape index (κ3) is 3.84. The maximum Gasteiger partial charge on any atom is 0.220 e. The first-order valence-corrected chi connectivity index (χ1v) is 6.66. The first-order chi connectivity index (χ1) is 8.59. The highest BCUT2D eigenvalue weighted by molar-refractivity contribution is 5.76. The zero-order valence-corrected chi connectivity index (χ0v) is 11.0. The number of rotatable bonds is 6. The molecule has 0 saturated heterocycles. The second kappa shape index (κ2) is 5.53. The van der Waals surface area contributed by atoms with Crippen molar-refractivity contribution in [3.8, 4) is 0 Å². The first-order valence-electron chi connectivity index (χ1n) is 6.66. The molecule has 18 heavy (non-hydrogen) atoms. The zero-order valence-electron chi connectivity index (χ0n) is 11.0. The number of amides is 1. The fourth-order valence-corrected chi connectivity index (χ4v) is 1.94. The summed E-state index contributed by atoms with van der Waals surface area (Å²) in [7, 11) is 0. The van der Waals surface area contributed by atoms with Crippen LogP contribution in [0.15, 0.2) is 30.3 Å². The van der Waals surface area contributed by atoms with Gasteiger partial charge in [-0.05, 0) is 30.2 Å². The van der Waals surface area contributed by atoms with Gasteiger partial charge in [-0.1, -0.05) is 37.3 Å². The Hall–Kier alpha value is -1.35. The predicted octanol–water partition coefficient (Wildman–Crippen LogP) is 2.38. The van der Waals surface area contributed by atoms with Crippen LogP contribution in [0.4, 0.5) is 0 Å². The Balaban J connectivity index is 1.69. The summed E-state index contributed by atoms with van der Waals surface area (Å²) in [5.41, 5.74) is 7.53. The van der Waals surface area contributed by atoms with E-state index in [0.717, 1.165) is 12.1 Å². The van der Waals surface area contributed by atoms with E-state index in [9.17, 15) is 4.79 Å². The Morgan fingerprint density at radius 3 is 2.67 bits per heavy atom. The molecular weight excluding hydrogens is 224 g/mol. The smallest absolute Gasteiger partial charge is 0.220 e. The fourth-order valence-electron chi connectivity index (χ4n) is 1.94. The second-order valence-corrected chi connectivity index (χ2v) is 5.64. The van der Waals surface area contributed by atoms with Crippen molar-refractivity contribution in [1.82, 2.24) is 5.32 Å². The number of nitrogens with one attached hydrogen (secondary N) is 1. The molecule has 0 radical (unpaired) electrons. The van der Waals surface area contributed by atoms with E-state index in [1.165, 1.54) is 12.8 Å². The average Bonchev–Trinajstić information content (AvgIpc) is 3.13. The van der Waals surface area contributed by atoms with Crippen LogP contribution in [0.3, 0.4) is 0 Å². The van der Waals surface area contributed by atoms with Gasteiger partial charge in [0.05, 0.1) is 0 Å². The maximum atomic E-state index is 11.7. The van der Waals surface area contributed by atoms with Crippen molar-refractivity contribution in [2.24, 2.45) is 11.1 Å². The Bertz CT molecular complexity index is 398. The molecule has 1 amide bonds. The summed E-state index contributed by atoms with van der Waals surface area (Å²) >= 11 is 0. The molecule has 1 atom stereocenters. The van der Waals surface area contributed by atoms with E-state index in [1.807, 2.05) is 30.3 Å². The molecule has 0 aromatic heterocycles. The lowest BCUT2D eigenvalue weighted by Crippen LogP contribution is -2.29. The van der Waals surface area contributed by atoms with E-state index < -0.39 is 0 Å². The van der Waals surface area contributed by atoms with E-state index >= 15 is 0 Å². The van der Waals surface area contributed by atoms with E-state index in [1.54, 1.807) is 0 Å². The Labute approximate surface area is 109 Å².